The molecule has 0 rings (SSSR count). The number of alkyl carbamates (subject to hydrolysis) is 1. The van der Waals surface area contributed by atoms with Crippen molar-refractivity contribution in [3.05, 3.63) is 0 Å². The molecule has 1 atom stereocenters. The van der Waals surface area contributed by atoms with Crippen LogP contribution in [0.15, 0.2) is 0 Å². The summed E-state index contributed by atoms with van der Waals surface area (Å²) >= 11 is 0. The van der Waals surface area contributed by atoms with E-state index in [0.717, 1.165) is 25.7 Å². The summed E-state index contributed by atoms with van der Waals surface area (Å²) in [5.74, 6) is -0.402. The molecule has 136 valence electrons. The zero-order valence-corrected chi connectivity index (χ0v) is 15.2. The van der Waals surface area contributed by atoms with E-state index in [9.17, 15) is 9.59 Å². The van der Waals surface area contributed by atoms with E-state index in [1.54, 1.807) is 6.92 Å². The quantitative estimate of drug-likeness (QED) is 0.374. The second kappa shape index (κ2) is 15.6. The molecule has 0 aromatic rings. The number of esters is 1. The molecule has 0 aliphatic carbocycles. The van der Waals surface area contributed by atoms with Gasteiger partial charge in [0.05, 0.1) is 13.2 Å². The number of carbonyl (C=O) groups is 2. The van der Waals surface area contributed by atoms with Crippen LogP contribution in [0.2, 0.25) is 0 Å². The Morgan fingerprint density at radius 1 is 0.783 bits per heavy atom. The highest BCUT2D eigenvalue weighted by atomic mass is 16.6. The topological polar surface area (TPSA) is 64.6 Å². The Balaban J connectivity index is 3.52. The van der Waals surface area contributed by atoms with Gasteiger partial charge in [-0.05, 0) is 19.8 Å². The standard InChI is InChI=1S/C18H35NO4/c1-4-6-8-9-10-11-12-13-15-22-17(20)16(3)19-18(21)23-14-7-5-2/h16H,4-15H2,1-3H3,(H,19,21). The van der Waals surface area contributed by atoms with Gasteiger partial charge in [0, 0.05) is 0 Å². The van der Waals surface area contributed by atoms with Gasteiger partial charge in [-0.15, -0.1) is 0 Å². The summed E-state index contributed by atoms with van der Waals surface area (Å²) in [6, 6.07) is -0.668. The second-order valence-corrected chi connectivity index (χ2v) is 6.00. The smallest absolute Gasteiger partial charge is 0.407 e. The van der Waals surface area contributed by atoms with Gasteiger partial charge in [-0.2, -0.15) is 0 Å². The van der Waals surface area contributed by atoms with Crippen LogP contribution in [0, 0.1) is 0 Å². The highest BCUT2D eigenvalue weighted by Gasteiger charge is 2.17. The Morgan fingerprint density at radius 3 is 1.91 bits per heavy atom. The highest BCUT2D eigenvalue weighted by molar-refractivity contribution is 5.80. The van der Waals surface area contributed by atoms with Gasteiger partial charge in [-0.1, -0.05) is 65.2 Å². The lowest BCUT2D eigenvalue weighted by molar-refractivity contribution is -0.145. The maximum absolute atomic E-state index is 11.7. The number of nitrogens with one attached hydrogen (secondary N) is 1. The van der Waals surface area contributed by atoms with E-state index in [-0.39, 0.29) is 0 Å². The molecule has 1 amide bonds. The molecule has 1 N–H and O–H groups in total. The van der Waals surface area contributed by atoms with Crippen LogP contribution in [0.3, 0.4) is 0 Å². The molecule has 0 radical (unpaired) electrons. The third kappa shape index (κ3) is 14.1. The molecule has 5 nitrogen and oxygen atoms in total. The summed E-state index contributed by atoms with van der Waals surface area (Å²) in [4.78, 5) is 23.1. The van der Waals surface area contributed by atoms with Gasteiger partial charge in [0.2, 0.25) is 0 Å². The van der Waals surface area contributed by atoms with E-state index in [2.05, 4.69) is 12.2 Å². The minimum atomic E-state index is -0.668. The Kier molecular flexibility index (Phi) is 14.8. The van der Waals surface area contributed by atoms with Crippen molar-refractivity contribution in [2.24, 2.45) is 0 Å². The molecule has 0 spiro atoms. The van der Waals surface area contributed by atoms with Crippen molar-refractivity contribution in [2.75, 3.05) is 13.2 Å². The van der Waals surface area contributed by atoms with Gasteiger partial charge in [0.1, 0.15) is 6.04 Å². The lowest BCUT2D eigenvalue weighted by atomic mass is 10.1. The summed E-state index contributed by atoms with van der Waals surface area (Å²) in [6.45, 7) is 6.64. The average Bonchev–Trinajstić information content (AvgIpc) is 2.53. The molecular formula is C18H35NO4. The Bertz CT molecular complexity index is 307. The molecule has 0 aromatic heterocycles. The number of hydrogen-bond acceptors (Lipinski definition) is 4. The molecule has 0 fully saturated rings. The van der Waals surface area contributed by atoms with Crippen LogP contribution in [0.5, 0.6) is 0 Å². The van der Waals surface area contributed by atoms with Crippen LogP contribution >= 0.6 is 0 Å². The number of hydrogen-bond donors (Lipinski definition) is 1. The monoisotopic (exact) mass is 329 g/mol. The maximum atomic E-state index is 11.7. The summed E-state index contributed by atoms with van der Waals surface area (Å²) in [7, 11) is 0. The van der Waals surface area contributed by atoms with E-state index < -0.39 is 18.1 Å². The van der Waals surface area contributed by atoms with Crippen LogP contribution in [-0.2, 0) is 14.3 Å². The Hall–Kier alpha value is -1.26. The molecule has 0 heterocycles. The molecular weight excluding hydrogens is 294 g/mol. The van der Waals surface area contributed by atoms with E-state index in [1.807, 2.05) is 6.92 Å². The van der Waals surface area contributed by atoms with Crippen LogP contribution in [0.1, 0.15) is 85.0 Å². The van der Waals surface area contributed by atoms with Gasteiger partial charge >= 0.3 is 12.1 Å². The predicted octanol–water partition coefficient (Wildman–Crippen LogP) is 4.59. The summed E-state index contributed by atoms with van der Waals surface area (Å²) in [5.41, 5.74) is 0. The zero-order chi connectivity index (χ0) is 17.3. The SMILES string of the molecule is CCCCCCCCCCOC(=O)C(C)NC(=O)OCCCC. The molecule has 5 heteroatoms. The van der Waals surface area contributed by atoms with Crippen LogP contribution < -0.4 is 5.32 Å². The fourth-order valence-electron chi connectivity index (χ4n) is 2.12. The van der Waals surface area contributed by atoms with Crippen molar-refractivity contribution in [1.82, 2.24) is 5.32 Å². The maximum Gasteiger partial charge on any atom is 0.407 e. The zero-order valence-electron chi connectivity index (χ0n) is 15.2. The predicted molar refractivity (Wildman–Crippen MR) is 92.4 cm³/mol. The number of amides is 1. The average molecular weight is 329 g/mol. The molecule has 1 unspecified atom stereocenters. The third-order valence-corrected chi connectivity index (χ3v) is 3.66. The minimum absolute atomic E-state index is 0.377. The van der Waals surface area contributed by atoms with Gasteiger partial charge in [-0.3, -0.25) is 0 Å². The van der Waals surface area contributed by atoms with Crippen LogP contribution in [-0.4, -0.2) is 31.3 Å². The third-order valence-electron chi connectivity index (χ3n) is 3.66. The molecule has 0 aromatic carbocycles. The molecule has 0 bridgehead atoms. The van der Waals surface area contributed by atoms with E-state index in [1.165, 1.54) is 38.5 Å². The first-order chi connectivity index (χ1) is 11.1. The summed E-state index contributed by atoms with van der Waals surface area (Å²) < 4.78 is 10.1. The van der Waals surface area contributed by atoms with Gasteiger partial charge in [-0.25, -0.2) is 9.59 Å². The highest BCUT2D eigenvalue weighted by Crippen LogP contribution is 2.08. The molecule has 23 heavy (non-hydrogen) atoms. The fraction of sp³-hybridized carbons (Fsp3) is 0.889. The van der Waals surface area contributed by atoms with Gasteiger partial charge < -0.3 is 14.8 Å². The number of carbonyl (C=O) groups excluding carboxylic acids is 2. The molecule has 0 aliphatic heterocycles. The van der Waals surface area contributed by atoms with Crippen LogP contribution in [0.25, 0.3) is 0 Å². The first-order valence-electron chi connectivity index (χ1n) is 9.21. The first kappa shape index (κ1) is 21.7. The van der Waals surface area contributed by atoms with E-state index >= 15 is 0 Å². The minimum Gasteiger partial charge on any atom is -0.464 e. The van der Waals surface area contributed by atoms with Crippen molar-refractivity contribution in [1.29, 1.82) is 0 Å². The Morgan fingerprint density at radius 2 is 1.30 bits per heavy atom. The largest absolute Gasteiger partial charge is 0.464 e. The second-order valence-electron chi connectivity index (χ2n) is 6.00. The lowest BCUT2D eigenvalue weighted by Crippen LogP contribution is -2.40. The normalized spacial score (nSPS) is 11.8. The van der Waals surface area contributed by atoms with Crippen molar-refractivity contribution < 1.29 is 19.1 Å². The van der Waals surface area contributed by atoms with Crippen molar-refractivity contribution in [3.63, 3.8) is 0 Å². The van der Waals surface area contributed by atoms with Crippen molar-refractivity contribution >= 4 is 12.1 Å². The summed E-state index contributed by atoms with van der Waals surface area (Å²) in [5, 5.41) is 2.48. The molecule has 0 saturated heterocycles. The van der Waals surface area contributed by atoms with E-state index in [4.69, 9.17) is 9.47 Å². The summed E-state index contributed by atoms with van der Waals surface area (Å²) in [6.07, 6.45) is 10.9. The number of unbranched alkanes of at least 4 members (excludes halogenated alkanes) is 8. The van der Waals surface area contributed by atoms with Crippen molar-refractivity contribution in [3.8, 4) is 0 Å². The van der Waals surface area contributed by atoms with Gasteiger partial charge in [0.25, 0.3) is 0 Å². The fourth-order valence-corrected chi connectivity index (χ4v) is 2.12. The molecule has 0 aliphatic rings. The lowest BCUT2D eigenvalue weighted by Gasteiger charge is -2.13. The van der Waals surface area contributed by atoms with Crippen LogP contribution in [0.4, 0.5) is 4.79 Å². The molecule has 0 saturated carbocycles. The van der Waals surface area contributed by atoms with Crippen molar-refractivity contribution in [2.45, 2.75) is 91.0 Å². The number of rotatable bonds is 14. The first-order valence-corrected chi connectivity index (χ1v) is 9.21. The number of ether oxygens (including phenoxy) is 2. The Labute approximate surface area is 141 Å². The van der Waals surface area contributed by atoms with E-state index in [0.29, 0.717) is 13.2 Å². The van der Waals surface area contributed by atoms with Gasteiger partial charge in [0.15, 0.2) is 0 Å².